The maximum Gasteiger partial charge on any atom is 0.303 e. The van der Waals surface area contributed by atoms with Gasteiger partial charge in [0.05, 0.1) is 6.10 Å². The van der Waals surface area contributed by atoms with Crippen molar-refractivity contribution in [2.75, 3.05) is 6.54 Å². The first kappa shape index (κ1) is 25.4. The van der Waals surface area contributed by atoms with E-state index in [0.29, 0.717) is 17.4 Å². The number of allylic oxidation sites excluding steroid dienone is 2. The second kappa shape index (κ2) is 12.9. The van der Waals surface area contributed by atoms with Crippen molar-refractivity contribution in [1.82, 2.24) is 5.32 Å². The number of aliphatic carboxylic acids is 1. The Kier molecular flexibility index (Phi) is 10.9. The molecule has 5 atom stereocenters. The number of fused-ring (bicyclic) bond motifs is 2. The summed E-state index contributed by atoms with van der Waals surface area (Å²) < 4.78 is 0. The van der Waals surface area contributed by atoms with Gasteiger partial charge in [-0.2, -0.15) is 0 Å². The third-order valence-electron chi connectivity index (χ3n) is 7.96. The highest BCUT2D eigenvalue weighted by molar-refractivity contribution is 5.66. The molecule has 30 heavy (non-hydrogen) atoms. The molecule has 3 N–H and O–H groups in total. The van der Waals surface area contributed by atoms with Crippen LogP contribution in [0.15, 0.2) is 12.2 Å². The van der Waals surface area contributed by atoms with Gasteiger partial charge in [-0.3, -0.25) is 4.79 Å². The Morgan fingerprint density at radius 1 is 1.10 bits per heavy atom. The van der Waals surface area contributed by atoms with Gasteiger partial charge in [0, 0.05) is 19.0 Å². The molecule has 0 aromatic heterocycles. The third kappa shape index (κ3) is 7.67. The molecule has 3 fully saturated rings. The largest absolute Gasteiger partial charge is 0.481 e. The highest BCUT2D eigenvalue weighted by atomic mass is 16.4. The van der Waals surface area contributed by atoms with Crippen LogP contribution < -0.4 is 5.32 Å². The number of aliphatic hydroxyl groups excluding tert-OH is 1. The van der Waals surface area contributed by atoms with E-state index in [1.54, 1.807) is 0 Å². The van der Waals surface area contributed by atoms with E-state index in [-0.39, 0.29) is 12.5 Å². The summed E-state index contributed by atoms with van der Waals surface area (Å²) in [5.74, 6) is 1.49. The number of carboxylic acids is 1. The number of carbonyl (C=O) groups is 1. The minimum Gasteiger partial charge on any atom is -0.481 e. The zero-order chi connectivity index (χ0) is 22.0. The average molecular weight is 422 g/mol. The van der Waals surface area contributed by atoms with E-state index in [2.05, 4.69) is 38.2 Å². The molecule has 0 saturated heterocycles. The molecule has 4 nitrogen and oxygen atoms in total. The van der Waals surface area contributed by atoms with Gasteiger partial charge in [-0.15, -0.1) is 0 Å². The summed E-state index contributed by atoms with van der Waals surface area (Å²) >= 11 is 0. The van der Waals surface area contributed by atoms with Crippen molar-refractivity contribution in [1.29, 1.82) is 0 Å². The number of hydrogen-bond donors (Lipinski definition) is 3. The average Bonchev–Trinajstić information content (AvgIpc) is 2.71. The first-order valence-electron chi connectivity index (χ1n) is 12.6. The zero-order valence-corrected chi connectivity index (χ0v) is 19.7. The Balaban J connectivity index is 1.73. The summed E-state index contributed by atoms with van der Waals surface area (Å²) in [6.45, 7) is 7.82. The van der Waals surface area contributed by atoms with Crippen LogP contribution in [-0.4, -0.2) is 34.9 Å². The van der Waals surface area contributed by atoms with E-state index in [1.807, 2.05) is 0 Å². The molecular formula is C26H47NO3. The Morgan fingerprint density at radius 3 is 2.53 bits per heavy atom. The van der Waals surface area contributed by atoms with E-state index in [1.165, 1.54) is 44.9 Å². The third-order valence-corrected chi connectivity index (χ3v) is 7.96. The standard InChI is InChI=1S/C26H47NO3/c1-4-5-6-7-8-11-14-21(28)19-27-24-18-20-17-23(26(20,2)3)22(24)15-12-9-10-13-16-25(29)30/h9,12,20-24,27-28H,4-8,10-11,13-19H2,1-3H3,(H,29,30)/b12-9-/t20-,21?,22+,23+,24?/m1/s1. The number of rotatable bonds is 16. The van der Waals surface area contributed by atoms with Crippen LogP contribution in [0.3, 0.4) is 0 Å². The fraction of sp³-hybridized carbons (Fsp3) is 0.885. The Morgan fingerprint density at radius 2 is 1.83 bits per heavy atom. The number of aliphatic hydroxyl groups is 1. The summed E-state index contributed by atoms with van der Waals surface area (Å²) in [5.41, 5.74) is 0.442. The molecule has 0 aromatic rings. The fourth-order valence-corrected chi connectivity index (χ4v) is 5.80. The Hall–Kier alpha value is -0.870. The van der Waals surface area contributed by atoms with Gasteiger partial charge in [-0.25, -0.2) is 0 Å². The van der Waals surface area contributed by atoms with Crippen LogP contribution in [0, 0.1) is 23.2 Å². The molecule has 0 aromatic carbocycles. The molecule has 2 unspecified atom stereocenters. The molecule has 2 bridgehead atoms. The molecular weight excluding hydrogens is 374 g/mol. The van der Waals surface area contributed by atoms with E-state index >= 15 is 0 Å². The molecule has 0 aliphatic heterocycles. The zero-order valence-electron chi connectivity index (χ0n) is 19.7. The van der Waals surface area contributed by atoms with Crippen LogP contribution in [-0.2, 0) is 4.79 Å². The lowest BCUT2D eigenvalue weighted by Crippen LogP contribution is -2.61. The van der Waals surface area contributed by atoms with Crippen molar-refractivity contribution < 1.29 is 15.0 Å². The summed E-state index contributed by atoms with van der Waals surface area (Å²) in [7, 11) is 0. The maximum absolute atomic E-state index is 10.6. The number of unbranched alkanes of at least 4 members (excludes halogenated alkanes) is 6. The molecule has 4 heteroatoms. The number of hydrogen-bond acceptors (Lipinski definition) is 3. The van der Waals surface area contributed by atoms with Gasteiger partial charge in [-0.1, -0.05) is 71.4 Å². The summed E-state index contributed by atoms with van der Waals surface area (Å²) in [6, 6.07) is 0.504. The topological polar surface area (TPSA) is 69.6 Å². The lowest BCUT2D eigenvalue weighted by atomic mass is 9.44. The van der Waals surface area contributed by atoms with Crippen molar-refractivity contribution in [3.8, 4) is 0 Å². The van der Waals surface area contributed by atoms with Crippen molar-refractivity contribution in [2.45, 2.75) is 116 Å². The molecule has 3 aliphatic rings. The highest BCUT2D eigenvalue weighted by Crippen LogP contribution is 2.62. The van der Waals surface area contributed by atoms with Crippen molar-refractivity contribution in [3.05, 3.63) is 12.2 Å². The monoisotopic (exact) mass is 421 g/mol. The summed E-state index contributed by atoms with van der Waals surface area (Å²) in [6.07, 6.45) is 18.2. The fourth-order valence-electron chi connectivity index (χ4n) is 5.80. The first-order valence-corrected chi connectivity index (χ1v) is 12.6. The van der Waals surface area contributed by atoms with Gasteiger partial charge < -0.3 is 15.5 Å². The summed E-state index contributed by atoms with van der Waals surface area (Å²) in [4.78, 5) is 10.6. The van der Waals surface area contributed by atoms with E-state index in [4.69, 9.17) is 5.11 Å². The van der Waals surface area contributed by atoms with Crippen LogP contribution in [0.25, 0.3) is 0 Å². The van der Waals surface area contributed by atoms with E-state index < -0.39 is 5.97 Å². The van der Waals surface area contributed by atoms with Crippen LogP contribution in [0.4, 0.5) is 0 Å². The van der Waals surface area contributed by atoms with Gasteiger partial charge in [0.1, 0.15) is 0 Å². The van der Waals surface area contributed by atoms with Gasteiger partial charge in [0.25, 0.3) is 0 Å². The van der Waals surface area contributed by atoms with Crippen molar-refractivity contribution in [3.63, 3.8) is 0 Å². The van der Waals surface area contributed by atoms with Gasteiger partial charge in [0.2, 0.25) is 0 Å². The quantitative estimate of drug-likeness (QED) is 0.213. The van der Waals surface area contributed by atoms with Crippen LogP contribution >= 0.6 is 0 Å². The SMILES string of the molecule is CCCCCCCCC(O)CNC1C[C@H]2C[C@@H]([C@@H]1C/C=C\CCCC(=O)O)C2(C)C. The van der Waals surface area contributed by atoms with Crippen molar-refractivity contribution in [2.24, 2.45) is 23.2 Å². The van der Waals surface area contributed by atoms with Crippen LogP contribution in [0.5, 0.6) is 0 Å². The molecule has 0 heterocycles. The normalized spacial score (nSPS) is 28.4. The lowest BCUT2D eigenvalue weighted by molar-refractivity contribution is -0.137. The molecule has 3 saturated carbocycles. The summed E-state index contributed by atoms with van der Waals surface area (Å²) in [5, 5.41) is 22.9. The number of nitrogens with one attached hydrogen (secondary N) is 1. The Bertz CT molecular complexity index is 530. The van der Waals surface area contributed by atoms with Crippen LogP contribution in [0.1, 0.15) is 104 Å². The van der Waals surface area contributed by atoms with Gasteiger partial charge in [-0.05, 0) is 61.7 Å². The predicted octanol–water partition coefficient (Wildman–Crippen LogP) is 5.94. The Labute approximate surface area is 184 Å². The van der Waals surface area contributed by atoms with Crippen molar-refractivity contribution >= 4 is 5.97 Å². The van der Waals surface area contributed by atoms with Crippen LogP contribution in [0.2, 0.25) is 0 Å². The predicted molar refractivity (Wildman–Crippen MR) is 125 cm³/mol. The minimum atomic E-state index is -0.707. The first-order chi connectivity index (χ1) is 14.4. The molecule has 0 spiro atoms. The van der Waals surface area contributed by atoms with Gasteiger partial charge in [0.15, 0.2) is 0 Å². The molecule has 0 amide bonds. The van der Waals surface area contributed by atoms with Gasteiger partial charge >= 0.3 is 5.97 Å². The highest BCUT2D eigenvalue weighted by Gasteiger charge is 2.56. The molecule has 3 rings (SSSR count). The second-order valence-corrected chi connectivity index (χ2v) is 10.5. The minimum absolute atomic E-state index is 0.227. The van der Waals surface area contributed by atoms with E-state index in [9.17, 15) is 9.90 Å². The number of carboxylic acid groups (broad SMARTS) is 1. The van der Waals surface area contributed by atoms with E-state index in [0.717, 1.165) is 50.5 Å². The second-order valence-electron chi connectivity index (χ2n) is 10.5. The maximum atomic E-state index is 10.6. The molecule has 0 radical (unpaired) electrons. The lowest BCUT2D eigenvalue weighted by Gasteiger charge is -2.63. The smallest absolute Gasteiger partial charge is 0.303 e. The molecule has 174 valence electrons. The molecule has 3 aliphatic carbocycles.